The van der Waals surface area contributed by atoms with Gasteiger partial charge in [-0.2, -0.15) is 13.2 Å². The third kappa shape index (κ3) is 4.99. The van der Waals surface area contributed by atoms with Gasteiger partial charge in [0.15, 0.2) is 0 Å². The van der Waals surface area contributed by atoms with E-state index in [0.717, 1.165) is 23.0 Å². The van der Waals surface area contributed by atoms with Crippen LogP contribution >= 0.6 is 11.6 Å². The Morgan fingerprint density at radius 3 is 2.42 bits per heavy atom. The molecular formula is C23H22ClF3N4O2. The summed E-state index contributed by atoms with van der Waals surface area (Å²) in [6.07, 6.45) is -4.65. The standard InChI is InChI=1S/C23H22ClF3N4O2/c1-14(21(32)29-19-7-6-16(24)13-17(19)23(25,26)27)30-8-10-31(11-9-30)22(33)20-12-15-4-2-3-5-18(15)28-20/h2-7,12-14,28H,8-11H2,1H3,(H,29,32). The third-order valence-electron chi connectivity index (χ3n) is 5.83. The van der Waals surface area contributed by atoms with E-state index >= 15 is 0 Å². The van der Waals surface area contributed by atoms with E-state index < -0.39 is 23.7 Å². The van der Waals surface area contributed by atoms with Crippen LogP contribution in [0.25, 0.3) is 10.9 Å². The number of para-hydroxylation sites is 1. The van der Waals surface area contributed by atoms with Gasteiger partial charge < -0.3 is 15.2 Å². The number of anilines is 1. The highest BCUT2D eigenvalue weighted by Gasteiger charge is 2.35. The van der Waals surface area contributed by atoms with Gasteiger partial charge in [-0.25, -0.2) is 0 Å². The number of carbonyl (C=O) groups excluding carboxylic acids is 2. The van der Waals surface area contributed by atoms with Crippen molar-refractivity contribution in [3.63, 3.8) is 0 Å². The van der Waals surface area contributed by atoms with E-state index in [1.54, 1.807) is 11.8 Å². The number of carbonyl (C=O) groups is 2. The Morgan fingerprint density at radius 1 is 1.06 bits per heavy atom. The van der Waals surface area contributed by atoms with Crippen molar-refractivity contribution < 1.29 is 22.8 Å². The van der Waals surface area contributed by atoms with Crippen LogP contribution in [0.5, 0.6) is 0 Å². The number of halogens is 4. The second-order valence-corrected chi connectivity index (χ2v) is 8.39. The van der Waals surface area contributed by atoms with Crippen LogP contribution in [-0.4, -0.2) is 58.8 Å². The molecule has 174 valence electrons. The summed E-state index contributed by atoms with van der Waals surface area (Å²) in [6.45, 7) is 3.29. The van der Waals surface area contributed by atoms with Crippen LogP contribution < -0.4 is 5.32 Å². The van der Waals surface area contributed by atoms with E-state index in [1.165, 1.54) is 6.07 Å². The van der Waals surface area contributed by atoms with Gasteiger partial charge in [-0.3, -0.25) is 14.5 Å². The number of amides is 2. The van der Waals surface area contributed by atoms with E-state index in [0.29, 0.717) is 31.9 Å². The summed E-state index contributed by atoms with van der Waals surface area (Å²) in [5.41, 5.74) is 0.0451. The number of piperazine rings is 1. The van der Waals surface area contributed by atoms with Crippen molar-refractivity contribution in [3.05, 3.63) is 64.8 Å². The van der Waals surface area contributed by atoms with Crippen molar-refractivity contribution in [2.75, 3.05) is 31.5 Å². The van der Waals surface area contributed by atoms with E-state index in [2.05, 4.69) is 10.3 Å². The number of nitrogens with one attached hydrogen (secondary N) is 2. The molecule has 1 atom stereocenters. The molecule has 0 aliphatic carbocycles. The van der Waals surface area contributed by atoms with Gasteiger partial charge >= 0.3 is 6.18 Å². The quantitative estimate of drug-likeness (QED) is 0.574. The highest BCUT2D eigenvalue weighted by molar-refractivity contribution is 6.30. The molecule has 1 aliphatic heterocycles. The minimum Gasteiger partial charge on any atom is -0.351 e. The van der Waals surface area contributed by atoms with Crippen molar-refractivity contribution >= 4 is 40.0 Å². The molecule has 0 spiro atoms. The number of rotatable bonds is 4. The van der Waals surface area contributed by atoms with Crippen LogP contribution in [0.1, 0.15) is 23.0 Å². The smallest absolute Gasteiger partial charge is 0.351 e. The molecule has 1 saturated heterocycles. The monoisotopic (exact) mass is 478 g/mol. The molecule has 1 aromatic heterocycles. The Hall–Kier alpha value is -3.04. The molecule has 4 rings (SSSR count). The summed E-state index contributed by atoms with van der Waals surface area (Å²) in [4.78, 5) is 32.2. The number of H-pyrrole nitrogens is 1. The maximum absolute atomic E-state index is 13.3. The molecule has 0 bridgehead atoms. The molecule has 1 fully saturated rings. The average molecular weight is 479 g/mol. The normalized spacial score (nSPS) is 16.1. The predicted molar refractivity (Wildman–Crippen MR) is 120 cm³/mol. The molecule has 1 aliphatic rings. The number of hydrogen-bond donors (Lipinski definition) is 2. The Labute approximate surface area is 193 Å². The molecule has 2 heterocycles. The SMILES string of the molecule is CC(C(=O)Nc1ccc(Cl)cc1C(F)(F)F)N1CCN(C(=O)c2cc3ccccc3[nH]2)CC1. The molecule has 0 radical (unpaired) electrons. The average Bonchev–Trinajstić information content (AvgIpc) is 3.23. The summed E-state index contributed by atoms with van der Waals surface area (Å²) in [6, 6.07) is 12.0. The topological polar surface area (TPSA) is 68.4 Å². The Balaban J connectivity index is 1.38. The highest BCUT2D eigenvalue weighted by Crippen LogP contribution is 2.36. The van der Waals surface area contributed by atoms with E-state index in [4.69, 9.17) is 11.6 Å². The van der Waals surface area contributed by atoms with Crippen molar-refractivity contribution in [2.24, 2.45) is 0 Å². The second kappa shape index (κ2) is 9.07. The number of benzene rings is 2. The molecule has 3 aromatic rings. The van der Waals surface area contributed by atoms with Crippen molar-refractivity contribution in [1.29, 1.82) is 0 Å². The summed E-state index contributed by atoms with van der Waals surface area (Å²) >= 11 is 5.69. The maximum Gasteiger partial charge on any atom is 0.418 e. The first-order chi connectivity index (χ1) is 15.6. The first kappa shape index (κ1) is 23.1. The zero-order valence-electron chi connectivity index (χ0n) is 17.7. The summed E-state index contributed by atoms with van der Waals surface area (Å²) < 4.78 is 39.9. The highest BCUT2D eigenvalue weighted by atomic mass is 35.5. The zero-order chi connectivity index (χ0) is 23.8. The van der Waals surface area contributed by atoms with Crippen LogP contribution in [0.3, 0.4) is 0 Å². The predicted octanol–water partition coefficient (Wildman–Crippen LogP) is 4.63. The van der Waals surface area contributed by atoms with Crippen molar-refractivity contribution in [1.82, 2.24) is 14.8 Å². The number of fused-ring (bicyclic) bond motifs is 1. The third-order valence-corrected chi connectivity index (χ3v) is 6.07. The summed E-state index contributed by atoms with van der Waals surface area (Å²) in [7, 11) is 0. The number of hydrogen-bond acceptors (Lipinski definition) is 3. The lowest BCUT2D eigenvalue weighted by atomic mass is 10.1. The van der Waals surface area contributed by atoms with Crippen LogP contribution in [0.2, 0.25) is 5.02 Å². The lowest BCUT2D eigenvalue weighted by Crippen LogP contribution is -2.54. The van der Waals surface area contributed by atoms with E-state index in [-0.39, 0.29) is 16.6 Å². The molecule has 0 saturated carbocycles. The maximum atomic E-state index is 13.3. The van der Waals surface area contributed by atoms with Crippen LogP contribution in [0, 0.1) is 0 Å². The fourth-order valence-electron chi connectivity index (χ4n) is 3.93. The van der Waals surface area contributed by atoms with Gasteiger partial charge in [0.1, 0.15) is 5.69 Å². The number of aromatic amines is 1. The molecule has 2 amide bonds. The molecule has 2 aromatic carbocycles. The van der Waals surface area contributed by atoms with Gasteiger partial charge in [0.2, 0.25) is 5.91 Å². The lowest BCUT2D eigenvalue weighted by Gasteiger charge is -2.37. The lowest BCUT2D eigenvalue weighted by molar-refractivity contribution is -0.137. The molecule has 33 heavy (non-hydrogen) atoms. The van der Waals surface area contributed by atoms with Crippen LogP contribution in [-0.2, 0) is 11.0 Å². The molecule has 1 unspecified atom stereocenters. The second-order valence-electron chi connectivity index (χ2n) is 7.95. The zero-order valence-corrected chi connectivity index (χ0v) is 18.5. The van der Waals surface area contributed by atoms with E-state index in [1.807, 2.05) is 35.2 Å². The molecule has 6 nitrogen and oxygen atoms in total. The number of alkyl halides is 3. The Bertz CT molecular complexity index is 1150. The molecular weight excluding hydrogens is 457 g/mol. The van der Waals surface area contributed by atoms with Gasteiger partial charge in [-0.15, -0.1) is 0 Å². The summed E-state index contributed by atoms with van der Waals surface area (Å²) in [5.74, 6) is -0.683. The first-order valence-corrected chi connectivity index (χ1v) is 10.8. The van der Waals surface area contributed by atoms with Crippen molar-refractivity contribution in [3.8, 4) is 0 Å². The summed E-state index contributed by atoms with van der Waals surface area (Å²) in [5, 5.41) is 3.25. The van der Waals surface area contributed by atoms with Crippen LogP contribution in [0.15, 0.2) is 48.5 Å². The van der Waals surface area contributed by atoms with Crippen molar-refractivity contribution in [2.45, 2.75) is 19.1 Å². The Kier molecular flexibility index (Phi) is 6.36. The Morgan fingerprint density at radius 2 is 1.76 bits per heavy atom. The first-order valence-electron chi connectivity index (χ1n) is 10.4. The van der Waals surface area contributed by atoms with Gasteiger partial charge in [-0.05, 0) is 37.3 Å². The minimum absolute atomic E-state index is 0.0656. The number of aromatic nitrogens is 1. The molecule has 2 N–H and O–H groups in total. The minimum atomic E-state index is -4.65. The fourth-order valence-corrected chi connectivity index (χ4v) is 4.11. The van der Waals surface area contributed by atoms with Gasteiger partial charge in [0, 0.05) is 42.1 Å². The number of nitrogens with zero attached hydrogens (tertiary/aromatic N) is 2. The van der Waals surface area contributed by atoms with Crippen LogP contribution in [0.4, 0.5) is 18.9 Å². The van der Waals surface area contributed by atoms with Gasteiger partial charge in [0.05, 0.1) is 17.3 Å². The molecule has 10 heteroatoms. The van der Waals surface area contributed by atoms with Gasteiger partial charge in [-0.1, -0.05) is 29.8 Å². The fraction of sp³-hybridized carbons (Fsp3) is 0.304. The largest absolute Gasteiger partial charge is 0.418 e. The van der Waals surface area contributed by atoms with E-state index in [9.17, 15) is 22.8 Å². The van der Waals surface area contributed by atoms with Gasteiger partial charge in [0.25, 0.3) is 5.91 Å².